The molecule has 0 saturated carbocycles. The standard InChI is InChI=1S/C18H16N2O4S/c1-12(23-15-5-3-2-4-6-15)25-11-16-19-20-17(24-16)13-7-9-14(10-8-13)18(21)22/h2-10,12H,11H2,1H3,(H,21,22). The minimum absolute atomic E-state index is 0.0624. The Kier molecular flexibility index (Phi) is 5.35. The summed E-state index contributed by atoms with van der Waals surface area (Å²) in [6.45, 7) is 1.96. The van der Waals surface area contributed by atoms with Crippen molar-refractivity contribution in [2.24, 2.45) is 0 Å². The third-order valence-electron chi connectivity index (χ3n) is 3.33. The predicted octanol–water partition coefficient (Wildman–Crippen LogP) is 4.09. The first-order valence-electron chi connectivity index (χ1n) is 7.61. The van der Waals surface area contributed by atoms with Crippen molar-refractivity contribution in [3.8, 4) is 17.2 Å². The molecule has 0 radical (unpaired) electrons. The number of para-hydroxylation sites is 1. The van der Waals surface area contributed by atoms with E-state index in [0.717, 1.165) is 5.75 Å². The van der Waals surface area contributed by atoms with Crippen molar-refractivity contribution in [2.45, 2.75) is 18.1 Å². The summed E-state index contributed by atoms with van der Waals surface area (Å²) in [5.41, 5.74) is 0.834. The molecule has 0 amide bonds. The number of hydrogen-bond acceptors (Lipinski definition) is 6. The molecule has 1 atom stereocenters. The highest BCUT2D eigenvalue weighted by Gasteiger charge is 2.12. The number of nitrogens with zero attached hydrogens (tertiary/aromatic N) is 2. The molecule has 0 bridgehead atoms. The molecule has 3 rings (SSSR count). The zero-order chi connectivity index (χ0) is 17.6. The first kappa shape index (κ1) is 17.0. The lowest BCUT2D eigenvalue weighted by molar-refractivity contribution is 0.0697. The summed E-state index contributed by atoms with van der Waals surface area (Å²) >= 11 is 1.54. The molecule has 3 aromatic rings. The fourth-order valence-corrected chi connectivity index (χ4v) is 2.77. The van der Waals surface area contributed by atoms with Crippen molar-refractivity contribution in [3.63, 3.8) is 0 Å². The van der Waals surface area contributed by atoms with Gasteiger partial charge in [0.25, 0.3) is 0 Å². The number of hydrogen-bond donors (Lipinski definition) is 1. The second-order valence-electron chi connectivity index (χ2n) is 5.19. The summed E-state index contributed by atoms with van der Waals surface area (Å²) in [4.78, 5) is 10.9. The molecule has 25 heavy (non-hydrogen) atoms. The number of carboxylic acids is 1. The number of carbonyl (C=O) groups is 1. The molecule has 2 aromatic carbocycles. The van der Waals surface area contributed by atoms with Crippen LogP contribution in [0.1, 0.15) is 23.2 Å². The van der Waals surface area contributed by atoms with Crippen LogP contribution in [0.3, 0.4) is 0 Å². The van der Waals surface area contributed by atoms with E-state index in [1.54, 1.807) is 23.9 Å². The minimum Gasteiger partial charge on any atom is -0.480 e. The van der Waals surface area contributed by atoms with Gasteiger partial charge in [0, 0.05) is 5.56 Å². The SMILES string of the molecule is CC(Oc1ccccc1)SCc1nnc(-c2ccc(C(=O)O)cc2)o1. The highest BCUT2D eigenvalue weighted by molar-refractivity contribution is 7.98. The molecule has 1 aromatic heterocycles. The maximum Gasteiger partial charge on any atom is 0.335 e. The van der Waals surface area contributed by atoms with Gasteiger partial charge in [0.1, 0.15) is 11.2 Å². The molecule has 1 heterocycles. The third kappa shape index (κ3) is 4.60. The fourth-order valence-electron chi connectivity index (χ4n) is 2.10. The van der Waals surface area contributed by atoms with Crippen molar-refractivity contribution in [1.29, 1.82) is 0 Å². The van der Waals surface area contributed by atoms with Crippen LogP contribution in [0.5, 0.6) is 5.75 Å². The Bertz CT molecular complexity index is 834. The van der Waals surface area contributed by atoms with Gasteiger partial charge in [-0.05, 0) is 43.3 Å². The van der Waals surface area contributed by atoms with Crippen LogP contribution in [0, 0.1) is 0 Å². The number of thioether (sulfide) groups is 1. The molecule has 0 aliphatic rings. The van der Waals surface area contributed by atoms with Crippen molar-refractivity contribution in [1.82, 2.24) is 10.2 Å². The highest BCUT2D eigenvalue weighted by atomic mass is 32.2. The quantitative estimate of drug-likeness (QED) is 0.638. The van der Waals surface area contributed by atoms with E-state index in [4.69, 9.17) is 14.3 Å². The first-order valence-corrected chi connectivity index (χ1v) is 8.66. The highest BCUT2D eigenvalue weighted by Crippen LogP contribution is 2.24. The minimum atomic E-state index is -0.971. The smallest absolute Gasteiger partial charge is 0.335 e. The van der Waals surface area contributed by atoms with E-state index in [1.165, 1.54) is 12.1 Å². The summed E-state index contributed by atoms with van der Waals surface area (Å²) in [6, 6.07) is 15.9. The number of benzene rings is 2. The Hall–Kier alpha value is -2.80. The van der Waals surface area contributed by atoms with E-state index in [2.05, 4.69) is 10.2 Å². The van der Waals surface area contributed by atoms with Gasteiger partial charge in [-0.2, -0.15) is 0 Å². The Morgan fingerprint density at radius 1 is 1.16 bits per heavy atom. The van der Waals surface area contributed by atoms with Crippen molar-refractivity contribution < 1.29 is 19.1 Å². The Balaban J connectivity index is 1.57. The summed E-state index contributed by atoms with van der Waals surface area (Å²) < 4.78 is 11.4. The topological polar surface area (TPSA) is 85.5 Å². The Labute approximate surface area is 148 Å². The normalized spacial score (nSPS) is 11.9. The lowest BCUT2D eigenvalue weighted by Crippen LogP contribution is -2.07. The molecule has 0 fully saturated rings. The van der Waals surface area contributed by atoms with Gasteiger partial charge < -0.3 is 14.3 Å². The number of rotatable bonds is 7. The van der Waals surface area contributed by atoms with Gasteiger partial charge in [0.2, 0.25) is 11.8 Å². The van der Waals surface area contributed by atoms with Crippen LogP contribution in [0.25, 0.3) is 11.5 Å². The van der Waals surface area contributed by atoms with Crippen LogP contribution in [0.15, 0.2) is 59.0 Å². The van der Waals surface area contributed by atoms with Crippen LogP contribution in [0.4, 0.5) is 0 Å². The summed E-state index contributed by atoms with van der Waals surface area (Å²) in [7, 11) is 0. The molecule has 0 aliphatic carbocycles. The predicted molar refractivity (Wildman–Crippen MR) is 94.5 cm³/mol. The zero-order valence-corrected chi connectivity index (χ0v) is 14.3. The summed E-state index contributed by atoms with van der Waals surface area (Å²) in [5.74, 6) is 1.22. The van der Waals surface area contributed by atoms with Gasteiger partial charge in [-0.25, -0.2) is 4.79 Å². The molecule has 0 spiro atoms. The van der Waals surface area contributed by atoms with Gasteiger partial charge in [-0.15, -0.1) is 22.0 Å². The number of aromatic carboxylic acids is 1. The fraction of sp³-hybridized carbons (Fsp3) is 0.167. The number of ether oxygens (including phenoxy) is 1. The van der Waals surface area contributed by atoms with Crippen molar-refractivity contribution in [2.75, 3.05) is 0 Å². The number of carboxylic acid groups (broad SMARTS) is 1. The molecule has 128 valence electrons. The summed E-state index contributed by atoms with van der Waals surface area (Å²) in [5, 5.41) is 16.9. The van der Waals surface area contributed by atoms with E-state index in [9.17, 15) is 4.79 Å². The van der Waals surface area contributed by atoms with Crippen LogP contribution in [-0.2, 0) is 5.75 Å². The largest absolute Gasteiger partial charge is 0.480 e. The maximum atomic E-state index is 10.9. The average Bonchev–Trinajstić information content (AvgIpc) is 3.10. The van der Waals surface area contributed by atoms with Gasteiger partial charge in [0.15, 0.2) is 0 Å². The maximum absolute atomic E-state index is 10.9. The molecule has 1 N–H and O–H groups in total. The lowest BCUT2D eigenvalue weighted by Gasteiger charge is -2.12. The van der Waals surface area contributed by atoms with E-state index < -0.39 is 5.97 Å². The van der Waals surface area contributed by atoms with E-state index >= 15 is 0 Å². The van der Waals surface area contributed by atoms with Crippen LogP contribution < -0.4 is 4.74 Å². The van der Waals surface area contributed by atoms with Gasteiger partial charge >= 0.3 is 5.97 Å². The molecular formula is C18H16N2O4S. The first-order chi connectivity index (χ1) is 12.1. The van der Waals surface area contributed by atoms with Gasteiger partial charge in [-0.3, -0.25) is 0 Å². The number of aromatic nitrogens is 2. The van der Waals surface area contributed by atoms with Gasteiger partial charge in [0.05, 0.1) is 11.3 Å². The zero-order valence-electron chi connectivity index (χ0n) is 13.5. The molecule has 7 heteroatoms. The molecule has 0 aliphatic heterocycles. The van der Waals surface area contributed by atoms with E-state index in [-0.39, 0.29) is 11.0 Å². The van der Waals surface area contributed by atoms with Crippen molar-refractivity contribution >= 4 is 17.7 Å². The van der Waals surface area contributed by atoms with Gasteiger partial charge in [-0.1, -0.05) is 18.2 Å². The van der Waals surface area contributed by atoms with E-state index in [1.807, 2.05) is 37.3 Å². The molecular weight excluding hydrogens is 340 g/mol. The van der Waals surface area contributed by atoms with Crippen LogP contribution in [-0.4, -0.2) is 26.7 Å². The molecule has 0 saturated heterocycles. The van der Waals surface area contributed by atoms with E-state index in [0.29, 0.717) is 23.1 Å². The lowest BCUT2D eigenvalue weighted by atomic mass is 10.1. The average molecular weight is 356 g/mol. The monoisotopic (exact) mass is 356 g/mol. The summed E-state index contributed by atoms with van der Waals surface area (Å²) in [6.07, 6.45) is 0. The van der Waals surface area contributed by atoms with Crippen LogP contribution >= 0.6 is 11.8 Å². The Morgan fingerprint density at radius 3 is 2.56 bits per heavy atom. The Morgan fingerprint density at radius 2 is 1.88 bits per heavy atom. The third-order valence-corrected chi connectivity index (χ3v) is 4.31. The van der Waals surface area contributed by atoms with Crippen LogP contribution in [0.2, 0.25) is 0 Å². The molecule has 1 unspecified atom stereocenters. The van der Waals surface area contributed by atoms with Crippen molar-refractivity contribution in [3.05, 3.63) is 66.1 Å². The second-order valence-corrected chi connectivity index (χ2v) is 6.48. The molecule has 6 nitrogen and oxygen atoms in total. The second kappa shape index (κ2) is 7.85.